The molecule has 0 aliphatic rings. The number of unbranched alkanes of at least 4 members (excludes halogenated alkanes) is 1. The van der Waals surface area contributed by atoms with Gasteiger partial charge in [-0.25, -0.2) is 0 Å². The van der Waals surface area contributed by atoms with Crippen molar-refractivity contribution in [3.63, 3.8) is 0 Å². The first-order chi connectivity index (χ1) is 6.20. The Balaban J connectivity index is 3.24. The second-order valence-corrected chi connectivity index (χ2v) is 2.96. The molecule has 0 aromatic carbocycles. The third kappa shape index (κ3) is 8.18. The molecular weight excluding hydrogens is 172 g/mol. The second-order valence-electron chi connectivity index (χ2n) is 2.96. The summed E-state index contributed by atoms with van der Waals surface area (Å²) in [5.74, 6) is 0. The molecule has 0 rings (SSSR count). The van der Waals surface area contributed by atoms with Gasteiger partial charge in [0, 0.05) is 6.61 Å². The molecule has 0 fully saturated rings. The van der Waals surface area contributed by atoms with Crippen LogP contribution in [0.5, 0.6) is 0 Å². The molecule has 13 heavy (non-hydrogen) atoms. The van der Waals surface area contributed by atoms with E-state index < -0.39 is 6.10 Å². The average Bonchev–Trinajstić information content (AvgIpc) is 2.14. The van der Waals surface area contributed by atoms with Gasteiger partial charge in [-0.2, -0.15) is 0 Å². The van der Waals surface area contributed by atoms with Crippen LogP contribution in [-0.2, 0) is 9.47 Å². The lowest BCUT2D eigenvalue weighted by Crippen LogP contribution is -2.24. The van der Waals surface area contributed by atoms with Crippen LogP contribution in [0, 0.1) is 0 Å². The van der Waals surface area contributed by atoms with Gasteiger partial charge in [-0.05, 0) is 13.3 Å². The van der Waals surface area contributed by atoms with Crippen molar-refractivity contribution in [2.24, 2.45) is 0 Å². The Hall–Kier alpha value is -0.160. The summed E-state index contributed by atoms with van der Waals surface area (Å²) in [5, 5.41) is 17.4. The van der Waals surface area contributed by atoms with E-state index in [4.69, 9.17) is 19.7 Å². The predicted molar refractivity (Wildman–Crippen MR) is 49.4 cm³/mol. The zero-order valence-electron chi connectivity index (χ0n) is 8.40. The summed E-state index contributed by atoms with van der Waals surface area (Å²) in [6, 6.07) is 0. The van der Waals surface area contributed by atoms with E-state index in [0.29, 0.717) is 6.61 Å². The maximum atomic E-state index is 8.95. The average molecular weight is 192 g/mol. The minimum Gasteiger partial charge on any atom is -0.394 e. The molecule has 0 saturated heterocycles. The van der Waals surface area contributed by atoms with Crippen LogP contribution in [0.1, 0.15) is 26.7 Å². The topological polar surface area (TPSA) is 58.9 Å². The van der Waals surface area contributed by atoms with Crippen LogP contribution in [0.3, 0.4) is 0 Å². The van der Waals surface area contributed by atoms with Crippen LogP contribution in [0.4, 0.5) is 0 Å². The lowest BCUT2D eigenvalue weighted by atomic mass is 10.4. The number of hydrogen-bond donors (Lipinski definition) is 2. The Labute approximate surface area is 79.5 Å². The number of aliphatic hydroxyl groups is 2. The summed E-state index contributed by atoms with van der Waals surface area (Å²) < 4.78 is 10.4. The minimum absolute atomic E-state index is 0.115. The summed E-state index contributed by atoms with van der Waals surface area (Å²) in [6.07, 6.45) is 0.979. The van der Waals surface area contributed by atoms with Crippen molar-refractivity contribution < 1.29 is 19.7 Å². The first-order valence-electron chi connectivity index (χ1n) is 4.72. The van der Waals surface area contributed by atoms with Crippen LogP contribution in [-0.4, -0.2) is 42.4 Å². The van der Waals surface area contributed by atoms with Crippen LogP contribution >= 0.6 is 0 Å². The van der Waals surface area contributed by atoms with Crippen molar-refractivity contribution >= 4 is 0 Å². The fraction of sp³-hybridized carbons (Fsp3) is 1.00. The molecule has 0 radical (unpaired) electrons. The minimum atomic E-state index is -0.808. The largest absolute Gasteiger partial charge is 0.394 e. The van der Waals surface area contributed by atoms with E-state index in [1.807, 2.05) is 0 Å². The van der Waals surface area contributed by atoms with Crippen molar-refractivity contribution in [3.8, 4) is 0 Å². The van der Waals surface area contributed by atoms with Gasteiger partial charge in [-0.3, -0.25) is 0 Å². The zero-order chi connectivity index (χ0) is 10.1. The van der Waals surface area contributed by atoms with Gasteiger partial charge in [-0.15, -0.1) is 0 Å². The molecule has 0 aromatic heterocycles. The number of ether oxygens (including phenoxy) is 2. The summed E-state index contributed by atoms with van der Waals surface area (Å²) in [6.45, 7) is 4.38. The standard InChI is InChI=1S/C9H20O4/c1-3-4-5-12-8(2)13-7-9(11)6-10/h8-11H,3-7H2,1-2H3. The highest BCUT2D eigenvalue weighted by Crippen LogP contribution is 1.97. The maximum absolute atomic E-state index is 8.95. The highest BCUT2D eigenvalue weighted by atomic mass is 16.7. The summed E-state index contributed by atoms with van der Waals surface area (Å²) in [5.41, 5.74) is 0. The lowest BCUT2D eigenvalue weighted by Gasteiger charge is -2.15. The highest BCUT2D eigenvalue weighted by molar-refractivity contribution is 4.49. The van der Waals surface area contributed by atoms with Gasteiger partial charge in [0.15, 0.2) is 6.29 Å². The van der Waals surface area contributed by atoms with E-state index in [2.05, 4.69) is 6.92 Å². The SMILES string of the molecule is CCCCOC(C)OCC(O)CO. The Morgan fingerprint density at radius 1 is 1.31 bits per heavy atom. The molecular formula is C9H20O4. The van der Waals surface area contributed by atoms with Crippen LogP contribution in [0.25, 0.3) is 0 Å². The van der Waals surface area contributed by atoms with E-state index in [-0.39, 0.29) is 19.5 Å². The fourth-order valence-corrected chi connectivity index (χ4v) is 0.741. The van der Waals surface area contributed by atoms with E-state index in [1.165, 1.54) is 0 Å². The van der Waals surface area contributed by atoms with Gasteiger partial charge < -0.3 is 19.7 Å². The van der Waals surface area contributed by atoms with Crippen molar-refractivity contribution in [1.29, 1.82) is 0 Å². The van der Waals surface area contributed by atoms with Crippen LogP contribution in [0.2, 0.25) is 0 Å². The van der Waals surface area contributed by atoms with Gasteiger partial charge in [-0.1, -0.05) is 13.3 Å². The molecule has 80 valence electrons. The van der Waals surface area contributed by atoms with Crippen LogP contribution in [0.15, 0.2) is 0 Å². The molecule has 0 heterocycles. The molecule has 4 nitrogen and oxygen atoms in total. The number of rotatable bonds is 8. The summed E-state index contributed by atoms with van der Waals surface area (Å²) >= 11 is 0. The molecule has 0 aliphatic heterocycles. The second kappa shape index (κ2) is 8.44. The van der Waals surface area contributed by atoms with Gasteiger partial charge in [0.2, 0.25) is 0 Å². The molecule has 0 aliphatic carbocycles. The lowest BCUT2D eigenvalue weighted by molar-refractivity contribution is -0.150. The first kappa shape index (κ1) is 12.8. The fourth-order valence-electron chi connectivity index (χ4n) is 0.741. The predicted octanol–water partition coefficient (Wildman–Crippen LogP) is 0.519. The van der Waals surface area contributed by atoms with E-state index in [1.54, 1.807) is 6.92 Å². The van der Waals surface area contributed by atoms with E-state index in [9.17, 15) is 0 Å². The summed E-state index contributed by atoms with van der Waals surface area (Å²) in [4.78, 5) is 0. The molecule has 0 spiro atoms. The van der Waals surface area contributed by atoms with Crippen molar-refractivity contribution in [1.82, 2.24) is 0 Å². The third-order valence-electron chi connectivity index (χ3n) is 1.58. The molecule has 2 N–H and O–H groups in total. The molecule has 4 heteroatoms. The van der Waals surface area contributed by atoms with E-state index in [0.717, 1.165) is 12.8 Å². The third-order valence-corrected chi connectivity index (χ3v) is 1.58. The van der Waals surface area contributed by atoms with Crippen molar-refractivity contribution in [3.05, 3.63) is 0 Å². The maximum Gasteiger partial charge on any atom is 0.154 e. The summed E-state index contributed by atoms with van der Waals surface area (Å²) in [7, 11) is 0. The monoisotopic (exact) mass is 192 g/mol. The Morgan fingerprint density at radius 3 is 2.54 bits per heavy atom. The van der Waals surface area contributed by atoms with Gasteiger partial charge in [0.1, 0.15) is 6.10 Å². The molecule has 0 amide bonds. The normalized spacial score (nSPS) is 15.7. The molecule has 2 atom stereocenters. The number of hydrogen-bond acceptors (Lipinski definition) is 4. The molecule has 0 saturated carbocycles. The van der Waals surface area contributed by atoms with Crippen LogP contribution < -0.4 is 0 Å². The van der Waals surface area contributed by atoms with Gasteiger partial charge in [0.05, 0.1) is 13.2 Å². The Morgan fingerprint density at radius 2 is 2.00 bits per heavy atom. The van der Waals surface area contributed by atoms with Gasteiger partial charge >= 0.3 is 0 Å². The highest BCUT2D eigenvalue weighted by Gasteiger charge is 2.06. The molecule has 2 unspecified atom stereocenters. The zero-order valence-corrected chi connectivity index (χ0v) is 8.40. The smallest absolute Gasteiger partial charge is 0.154 e. The Bertz CT molecular complexity index is 108. The first-order valence-corrected chi connectivity index (χ1v) is 4.72. The van der Waals surface area contributed by atoms with Crippen molar-refractivity contribution in [2.45, 2.75) is 39.1 Å². The van der Waals surface area contributed by atoms with Crippen molar-refractivity contribution in [2.75, 3.05) is 19.8 Å². The molecule has 0 bridgehead atoms. The van der Waals surface area contributed by atoms with E-state index >= 15 is 0 Å². The van der Waals surface area contributed by atoms with Gasteiger partial charge in [0.25, 0.3) is 0 Å². The Kier molecular flexibility index (Phi) is 8.33. The number of aliphatic hydroxyl groups excluding tert-OH is 2. The quantitative estimate of drug-likeness (QED) is 0.435. The molecule has 0 aromatic rings.